The van der Waals surface area contributed by atoms with Gasteiger partial charge in [-0.1, -0.05) is 11.6 Å². The van der Waals surface area contributed by atoms with E-state index in [9.17, 15) is 22.8 Å². The first-order valence-electron chi connectivity index (χ1n) is 7.89. The Morgan fingerprint density at radius 1 is 1.31 bits per heavy atom. The summed E-state index contributed by atoms with van der Waals surface area (Å²) in [6.07, 6.45) is -3.95. The van der Waals surface area contributed by atoms with E-state index in [-0.39, 0.29) is 28.7 Å². The summed E-state index contributed by atoms with van der Waals surface area (Å²) in [6.45, 7) is -0.276. The van der Waals surface area contributed by atoms with Crippen LogP contribution in [0.3, 0.4) is 0 Å². The zero-order valence-corrected chi connectivity index (χ0v) is 15.4. The third kappa shape index (κ3) is 4.17. The molecule has 0 radical (unpaired) electrons. The molecule has 1 N–H and O–H groups in total. The molecule has 0 atom stereocenters. The Morgan fingerprint density at radius 2 is 2.03 bits per heavy atom. The van der Waals surface area contributed by atoms with Crippen LogP contribution >= 0.6 is 11.6 Å². The second-order valence-corrected chi connectivity index (χ2v) is 6.32. The van der Waals surface area contributed by atoms with Gasteiger partial charge >= 0.3 is 11.9 Å². The van der Waals surface area contributed by atoms with Gasteiger partial charge in [-0.25, -0.2) is 9.89 Å². The van der Waals surface area contributed by atoms with E-state index in [4.69, 9.17) is 21.6 Å². The molecule has 12 heteroatoms. The molecule has 8 nitrogen and oxygen atoms in total. The van der Waals surface area contributed by atoms with Crippen molar-refractivity contribution in [2.45, 2.75) is 12.7 Å². The van der Waals surface area contributed by atoms with Crippen molar-refractivity contribution in [3.05, 3.63) is 73.3 Å². The first kappa shape index (κ1) is 20.2. The lowest BCUT2D eigenvalue weighted by molar-refractivity contribution is -0.138. The number of nitrogens with zero attached hydrogens (tertiary/aromatic N) is 4. The van der Waals surface area contributed by atoms with Gasteiger partial charge in [-0.05, 0) is 24.3 Å². The minimum Gasteiger partial charge on any atom is -0.451 e. The van der Waals surface area contributed by atoms with E-state index in [1.165, 1.54) is 19.2 Å². The predicted molar refractivity (Wildman–Crippen MR) is 94.9 cm³/mol. The van der Waals surface area contributed by atoms with Crippen LogP contribution in [0.2, 0.25) is 5.02 Å². The first-order valence-corrected chi connectivity index (χ1v) is 8.27. The minimum atomic E-state index is -4.87. The molecule has 0 fully saturated rings. The van der Waals surface area contributed by atoms with Crippen molar-refractivity contribution in [1.29, 1.82) is 5.26 Å². The predicted octanol–water partition coefficient (Wildman–Crippen LogP) is 2.65. The lowest BCUT2D eigenvalue weighted by Crippen LogP contribution is -2.26. The molecule has 0 unspecified atom stereocenters. The van der Waals surface area contributed by atoms with Crippen molar-refractivity contribution in [2.75, 3.05) is 0 Å². The van der Waals surface area contributed by atoms with Crippen LogP contribution in [-0.2, 0) is 19.8 Å². The van der Waals surface area contributed by atoms with Gasteiger partial charge in [0.25, 0.3) is 5.56 Å². The molecule has 0 saturated carbocycles. The Kier molecular flexibility index (Phi) is 5.21. The number of aromatic nitrogens is 4. The van der Waals surface area contributed by atoms with Gasteiger partial charge in [0.2, 0.25) is 5.75 Å². The summed E-state index contributed by atoms with van der Waals surface area (Å²) in [5.41, 5.74) is -2.90. The lowest BCUT2D eigenvalue weighted by Gasteiger charge is -2.15. The monoisotopic (exact) mass is 431 g/mol. The molecule has 0 amide bonds. The molecule has 3 rings (SSSR count). The first-order chi connectivity index (χ1) is 13.6. The van der Waals surface area contributed by atoms with Gasteiger partial charge in [0.1, 0.15) is 11.3 Å². The highest BCUT2D eigenvalue weighted by atomic mass is 35.5. The van der Waals surface area contributed by atoms with Crippen LogP contribution in [0.15, 0.2) is 40.1 Å². The fourth-order valence-corrected chi connectivity index (χ4v) is 2.70. The van der Waals surface area contributed by atoms with Crippen LogP contribution in [0.1, 0.15) is 17.0 Å². The Hall–Kier alpha value is -3.52. The van der Waals surface area contributed by atoms with Crippen molar-refractivity contribution in [1.82, 2.24) is 19.3 Å². The number of hydrogen-bond acceptors (Lipinski definition) is 5. The number of halogens is 4. The summed E-state index contributed by atoms with van der Waals surface area (Å²) < 4.78 is 47.5. The number of rotatable bonds is 4. The molecule has 0 saturated heterocycles. The fraction of sp³-hybridized carbons (Fsp3) is 0.176. The minimum absolute atomic E-state index is 0.0452. The lowest BCUT2D eigenvalue weighted by atomic mass is 10.2. The van der Waals surface area contributed by atoms with Crippen molar-refractivity contribution >= 4 is 11.6 Å². The van der Waals surface area contributed by atoms with Crippen molar-refractivity contribution in [3.8, 4) is 17.6 Å². The quantitative estimate of drug-likeness (QED) is 0.683. The Balaban J connectivity index is 2.11. The molecule has 1 aromatic carbocycles. The highest BCUT2D eigenvalue weighted by Crippen LogP contribution is 2.36. The van der Waals surface area contributed by atoms with Crippen LogP contribution in [0, 0.1) is 11.3 Å². The number of hydrogen-bond donors (Lipinski definition) is 1. The van der Waals surface area contributed by atoms with Gasteiger partial charge in [0.05, 0.1) is 18.2 Å². The van der Waals surface area contributed by atoms with Crippen molar-refractivity contribution in [2.24, 2.45) is 7.05 Å². The maximum absolute atomic E-state index is 13.4. The number of benzene rings is 1. The van der Waals surface area contributed by atoms with Gasteiger partial charge in [-0.2, -0.15) is 23.5 Å². The van der Waals surface area contributed by atoms with Crippen molar-refractivity contribution in [3.63, 3.8) is 0 Å². The molecule has 0 aliphatic carbocycles. The average Bonchev–Trinajstić information content (AvgIpc) is 2.95. The summed E-state index contributed by atoms with van der Waals surface area (Å²) in [5.74, 6) is -1.08. The summed E-state index contributed by atoms with van der Waals surface area (Å²) in [4.78, 5) is 24.2. The van der Waals surface area contributed by atoms with Gasteiger partial charge < -0.3 is 9.30 Å². The molecule has 3 aromatic rings. The molecule has 0 aliphatic rings. The van der Waals surface area contributed by atoms with Crippen LogP contribution in [0.5, 0.6) is 11.5 Å². The van der Waals surface area contributed by atoms with Gasteiger partial charge in [-0.3, -0.25) is 9.36 Å². The number of H-pyrrole nitrogens is 1. The molecule has 29 heavy (non-hydrogen) atoms. The highest BCUT2D eigenvalue weighted by Gasteiger charge is 2.36. The Bertz CT molecular complexity index is 1240. The smallest absolute Gasteiger partial charge is 0.420 e. The summed E-state index contributed by atoms with van der Waals surface area (Å²) in [7, 11) is 1.39. The van der Waals surface area contributed by atoms with Gasteiger partial charge in [0, 0.05) is 18.3 Å². The summed E-state index contributed by atoms with van der Waals surface area (Å²) in [5, 5.41) is 14.9. The van der Waals surface area contributed by atoms with E-state index in [0.717, 1.165) is 21.4 Å². The number of aromatic amines is 1. The van der Waals surface area contributed by atoms with E-state index in [1.807, 2.05) is 0 Å². The zero-order valence-electron chi connectivity index (χ0n) is 14.6. The van der Waals surface area contributed by atoms with E-state index in [1.54, 1.807) is 6.07 Å². The van der Waals surface area contributed by atoms with Crippen LogP contribution in [0.25, 0.3) is 0 Å². The van der Waals surface area contributed by atoms with E-state index >= 15 is 0 Å². The molecular formula is C17H11ClF3N5O3. The third-order valence-corrected chi connectivity index (χ3v) is 4.15. The topological polar surface area (TPSA) is 106 Å². The normalized spacial score (nSPS) is 11.3. The zero-order chi connectivity index (χ0) is 21.3. The Labute approximate surface area is 165 Å². The number of ether oxygens (including phenoxy) is 1. The molecule has 2 aromatic heterocycles. The third-order valence-electron chi connectivity index (χ3n) is 3.93. The molecular weight excluding hydrogens is 421 g/mol. The SMILES string of the molecule is Cn1c(Cn2ccc(C(F)(F)F)c(O[13c]3[13cH][13c](Cl)[13cH][13c](C#N)[13cH]3)c2=O)n[nH]c1=O. The molecule has 150 valence electrons. The Morgan fingerprint density at radius 3 is 2.62 bits per heavy atom. The largest absolute Gasteiger partial charge is 0.451 e. The number of pyridine rings is 1. The second kappa shape index (κ2) is 7.48. The number of alkyl halides is 3. The van der Waals surface area contributed by atoms with Gasteiger partial charge in [-0.15, -0.1) is 0 Å². The molecule has 0 aliphatic heterocycles. The van der Waals surface area contributed by atoms with Crippen LogP contribution < -0.4 is 16.0 Å². The average molecular weight is 432 g/mol. The van der Waals surface area contributed by atoms with Crippen LogP contribution in [-0.4, -0.2) is 19.3 Å². The number of nitriles is 1. The summed E-state index contributed by atoms with van der Waals surface area (Å²) in [6, 6.07) is 6.09. The van der Waals surface area contributed by atoms with Crippen LogP contribution in [0.4, 0.5) is 13.2 Å². The maximum atomic E-state index is 13.4. The molecule has 0 bridgehead atoms. The molecule has 0 spiro atoms. The van der Waals surface area contributed by atoms with Crippen molar-refractivity contribution < 1.29 is 17.9 Å². The van der Waals surface area contributed by atoms with E-state index in [0.29, 0.717) is 6.07 Å². The molecule has 2 heterocycles. The van der Waals surface area contributed by atoms with E-state index in [2.05, 4.69) is 10.2 Å². The standard InChI is InChI=1S/C17H11ClF3N5O3/c1-25-13(23-24-16(25)28)8-26-3-2-12(17(19,20)21)14(15(26)27)29-11-5-9(7-22)4-10(18)6-11/h2-6H,8H2,1H3,(H,24,28)/i4+1,5+1,6+1,9+1,10+1,11+1. The van der Waals surface area contributed by atoms with Gasteiger partial charge in [0.15, 0.2) is 5.82 Å². The maximum Gasteiger partial charge on any atom is 0.420 e. The summed E-state index contributed by atoms with van der Waals surface area (Å²) >= 11 is 5.84. The fourth-order valence-electron chi connectivity index (χ4n) is 2.48. The second-order valence-electron chi connectivity index (χ2n) is 5.88. The highest BCUT2D eigenvalue weighted by molar-refractivity contribution is 6.30. The number of nitrogens with one attached hydrogen (secondary N) is 1. The van der Waals surface area contributed by atoms with E-state index < -0.39 is 28.7 Å².